The lowest BCUT2D eigenvalue weighted by Gasteiger charge is -2.08. The number of hydrogen-bond donors (Lipinski definition) is 4. The van der Waals surface area contributed by atoms with Crippen LogP contribution in [0.5, 0.6) is 0 Å². The van der Waals surface area contributed by atoms with Gasteiger partial charge in [0.05, 0.1) is 99.5 Å². The van der Waals surface area contributed by atoms with Gasteiger partial charge in [-0.25, -0.2) is 39.6 Å². The van der Waals surface area contributed by atoms with Crippen LogP contribution in [0.3, 0.4) is 0 Å². The van der Waals surface area contributed by atoms with Gasteiger partial charge in [-0.3, -0.25) is 87.7 Å². The third-order valence-electron chi connectivity index (χ3n) is 19.6. The minimum Gasteiger partial charge on any atom is -0.338 e. The van der Waals surface area contributed by atoms with Crippen LogP contribution in [0.2, 0.25) is 0 Å². The molecule has 20 aromatic rings. The second-order valence-corrected chi connectivity index (χ2v) is 27.5. The van der Waals surface area contributed by atoms with Crippen LogP contribution in [-0.4, -0.2) is 171 Å². The molecule has 124 heavy (non-hydrogen) atoms. The fourth-order valence-electron chi connectivity index (χ4n) is 13.7. The lowest BCUT2D eigenvalue weighted by Crippen LogP contribution is -2.20. The third kappa shape index (κ3) is 17.8. The highest BCUT2D eigenvalue weighted by Crippen LogP contribution is 2.32. The Balaban J connectivity index is 0.000000117. The van der Waals surface area contributed by atoms with Crippen LogP contribution in [0, 0.1) is 0 Å². The molecule has 38 nitrogen and oxygen atoms in total. The highest BCUT2D eigenvalue weighted by Gasteiger charge is 2.21. The minimum absolute atomic E-state index is 0.0128. The lowest BCUT2D eigenvalue weighted by atomic mass is 10.1. The summed E-state index contributed by atoms with van der Waals surface area (Å²) in [5, 5.41) is 36.2. The van der Waals surface area contributed by atoms with Gasteiger partial charge in [-0.1, -0.05) is 0 Å². The molecule has 0 saturated heterocycles. The van der Waals surface area contributed by atoms with Crippen LogP contribution in [0.25, 0.3) is 134 Å². The summed E-state index contributed by atoms with van der Waals surface area (Å²) in [6.45, 7) is 0.414. The van der Waals surface area contributed by atoms with Crippen LogP contribution in [0.4, 0.5) is 23.3 Å². The number of fused-ring (bicyclic) bond motifs is 4. The van der Waals surface area contributed by atoms with E-state index < -0.39 is 0 Å². The Kier molecular flexibility index (Phi) is 22.9. The third-order valence-corrected chi connectivity index (χ3v) is 19.6. The molecule has 38 heteroatoms. The Morgan fingerprint density at radius 1 is 0.274 bits per heavy atom. The molecule has 0 atom stereocenters. The van der Waals surface area contributed by atoms with E-state index in [0.717, 1.165) is 117 Å². The number of carbonyl (C=O) groups is 4. The van der Waals surface area contributed by atoms with Crippen molar-refractivity contribution in [3.8, 4) is 90.3 Å². The molecule has 4 amide bonds. The van der Waals surface area contributed by atoms with E-state index in [0.29, 0.717) is 40.3 Å². The number of aromatic nitrogens is 30. The molecule has 0 fully saturated rings. The molecule has 4 N–H and O–H groups in total. The van der Waals surface area contributed by atoms with E-state index in [2.05, 4.69) is 131 Å². The maximum Gasteiger partial charge on any atom is 0.247 e. The van der Waals surface area contributed by atoms with Crippen molar-refractivity contribution in [2.75, 3.05) is 21.3 Å². The first-order valence-electron chi connectivity index (χ1n) is 38.3. The molecule has 20 rings (SSSR count). The smallest absolute Gasteiger partial charge is 0.247 e. The van der Waals surface area contributed by atoms with Crippen molar-refractivity contribution in [1.82, 2.24) is 147 Å². The molecular weight excluding hydrogens is 1570 g/mol. The quantitative estimate of drug-likeness (QED) is 0.0550. The molecule has 0 aromatic carbocycles. The van der Waals surface area contributed by atoms with Crippen molar-refractivity contribution in [2.45, 2.75) is 26.2 Å². The molecule has 0 bridgehead atoms. The second kappa shape index (κ2) is 36.0. The Morgan fingerprint density at radius 3 is 1.13 bits per heavy atom. The summed E-state index contributed by atoms with van der Waals surface area (Å²) in [5.41, 5.74) is 16.5. The highest BCUT2D eigenvalue weighted by atomic mass is 16.2. The molecular formula is C86H70N34O4. The van der Waals surface area contributed by atoms with Crippen LogP contribution in [-0.2, 0) is 73.5 Å². The van der Waals surface area contributed by atoms with Gasteiger partial charge < -0.3 is 35.0 Å². The summed E-state index contributed by atoms with van der Waals surface area (Å²) >= 11 is 0. The summed E-state index contributed by atoms with van der Waals surface area (Å²) in [6, 6.07) is 31.7. The maximum absolute atomic E-state index is 12.6. The van der Waals surface area contributed by atoms with Gasteiger partial charge in [0.1, 0.15) is 67.1 Å². The second-order valence-electron chi connectivity index (χ2n) is 27.5. The Bertz CT molecular complexity index is 6280. The van der Waals surface area contributed by atoms with Crippen molar-refractivity contribution in [3.05, 3.63) is 283 Å². The average Bonchev–Trinajstić information content (AvgIpc) is 1.65. The molecule has 0 spiro atoms. The van der Waals surface area contributed by atoms with Crippen molar-refractivity contribution in [3.63, 3.8) is 0 Å². The summed E-state index contributed by atoms with van der Waals surface area (Å²) in [7, 11) is 7.50. The summed E-state index contributed by atoms with van der Waals surface area (Å²) in [6.07, 6.45) is 49.0. The van der Waals surface area contributed by atoms with Crippen molar-refractivity contribution in [2.24, 2.45) is 28.2 Å². The molecule has 20 heterocycles. The molecule has 0 radical (unpaired) electrons. The largest absolute Gasteiger partial charge is 0.338 e. The molecule has 0 aliphatic heterocycles. The van der Waals surface area contributed by atoms with Gasteiger partial charge in [0.2, 0.25) is 23.6 Å². The van der Waals surface area contributed by atoms with E-state index in [4.69, 9.17) is 0 Å². The number of aryl methyl sites for hydroxylation is 4. The van der Waals surface area contributed by atoms with Gasteiger partial charge in [0.15, 0.2) is 5.65 Å². The fraction of sp³-hybridized carbons (Fsp3) is 0.0930. The summed E-state index contributed by atoms with van der Waals surface area (Å²) < 4.78 is 14.2. The van der Waals surface area contributed by atoms with E-state index >= 15 is 0 Å². The Morgan fingerprint density at radius 2 is 0.685 bits per heavy atom. The zero-order valence-corrected chi connectivity index (χ0v) is 66.4. The number of nitrogens with zero attached hydrogens (tertiary/aromatic N) is 30. The fourth-order valence-corrected chi connectivity index (χ4v) is 13.7. The van der Waals surface area contributed by atoms with E-state index in [9.17, 15) is 19.2 Å². The topological polar surface area (TPSA) is 439 Å². The van der Waals surface area contributed by atoms with Crippen LogP contribution >= 0.6 is 0 Å². The monoisotopic (exact) mass is 1640 g/mol. The highest BCUT2D eigenvalue weighted by molar-refractivity contribution is 5.99. The number of hydrogen-bond acceptors (Lipinski definition) is 26. The number of rotatable bonds is 20. The first kappa shape index (κ1) is 78.8. The lowest BCUT2D eigenvalue weighted by molar-refractivity contribution is -0.117. The van der Waals surface area contributed by atoms with Crippen molar-refractivity contribution >= 4 is 90.8 Å². The van der Waals surface area contributed by atoms with Crippen molar-refractivity contribution in [1.29, 1.82) is 0 Å². The van der Waals surface area contributed by atoms with Gasteiger partial charge in [0.25, 0.3) is 0 Å². The average molecular weight is 1640 g/mol. The molecule has 0 aliphatic carbocycles. The zero-order chi connectivity index (χ0) is 84.8. The SMILES string of the molecule is Cn1nccc1-c1ccnc2c1cnn2CC(=O)Nc1ccc(-c2cnccn2)cn1.Cn1nccc1-c1cncc2c1ccn2CC(=O)Nc1ccc(-c2cnccn2)cn1.Cn1nccc1-c1nccc2c1ccn2CC(=O)Nc1ccc(-c2cnccn2)cn1.Cn1nccc1-c1ncnc2c1ccn2CC(=O)Nc1ccc(-c2cnccn2)cn1. The summed E-state index contributed by atoms with van der Waals surface area (Å²) in [4.78, 5) is 123. The molecule has 0 saturated carbocycles. The Hall–Kier alpha value is -17.7. The maximum atomic E-state index is 12.6. The standard InChI is InChI=1S/2C22H18N8O.2C21H17N9O/c1-29-19(5-8-27-29)22-16-6-11-30(18(16)4-7-25-22)14-21(31)28-20-3-2-15(12-26-20)17-13-23-9-10-24-17;1-29-19(4-6-27-29)17-11-24-13-20-16(17)5-9-30(20)14-22(31)28-21-3-2-15(10-26-21)18-12-23-7-8-25-18;1-29-17(4-6-27-29)20-15-5-9-30(21(15)26-13-25-20)12-19(31)28-18-3-2-14(10-24-18)16-11-22-7-8-23-16;1-29-18(5-7-26-29)15-4-6-24-21-16(15)11-27-30(21)13-20(31)28-19-3-2-14(10-25-19)17-12-22-8-9-23-17/h2*2-13H,14H2,1H3,(H,26,28,31);2-11,13H,12H2,1H3,(H,24,28,31);2-12H,13H2,1H3,(H,25,28,31). The van der Waals surface area contributed by atoms with E-state index in [-0.39, 0.29) is 49.8 Å². The zero-order valence-electron chi connectivity index (χ0n) is 66.4. The number of pyridine rings is 7. The minimum atomic E-state index is -0.252. The molecule has 608 valence electrons. The van der Waals surface area contributed by atoms with Crippen LogP contribution in [0.15, 0.2) is 283 Å². The van der Waals surface area contributed by atoms with Gasteiger partial charge >= 0.3 is 0 Å². The summed E-state index contributed by atoms with van der Waals surface area (Å²) in [5.74, 6) is 1.04. The Labute approximate surface area is 702 Å². The van der Waals surface area contributed by atoms with Crippen LogP contribution < -0.4 is 21.3 Å². The number of anilines is 4. The first-order chi connectivity index (χ1) is 60.7. The van der Waals surface area contributed by atoms with Gasteiger partial charge in [-0.2, -0.15) is 25.5 Å². The predicted octanol–water partition coefficient (Wildman–Crippen LogP) is 10.5. The van der Waals surface area contributed by atoms with Crippen LogP contribution in [0.1, 0.15) is 0 Å². The first-order valence-corrected chi connectivity index (χ1v) is 38.3. The van der Waals surface area contributed by atoms with Crippen molar-refractivity contribution < 1.29 is 19.2 Å². The molecule has 20 aromatic heterocycles. The number of nitrogens with one attached hydrogen (secondary N) is 4. The van der Waals surface area contributed by atoms with Gasteiger partial charge in [-0.05, 0) is 103 Å². The van der Waals surface area contributed by atoms with E-state index in [1.54, 1.807) is 201 Å². The normalized spacial score (nSPS) is 11.0. The van der Waals surface area contributed by atoms with E-state index in [1.807, 2.05) is 141 Å². The predicted molar refractivity (Wildman–Crippen MR) is 459 cm³/mol. The number of amides is 4. The van der Waals surface area contributed by atoms with E-state index in [1.165, 1.54) is 6.33 Å². The molecule has 0 unspecified atom stereocenters. The number of carbonyl (C=O) groups excluding carboxylic acids is 4. The molecule has 0 aliphatic rings. The van der Waals surface area contributed by atoms with Gasteiger partial charge in [-0.15, -0.1) is 0 Å². The van der Waals surface area contributed by atoms with Gasteiger partial charge in [0, 0.05) is 219 Å².